The van der Waals surface area contributed by atoms with Crippen molar-refractivity contribution in [1.29, 1.82) is 0 Å². The minimum atomic E-state index is 0.0585. The van der Waals surface area contributed by atoms with E-state index in [1.165, 1.54) is 12.8 Å². The third kappa shape index (κ3) is 3.19. The molecule has 0 spiro atoms. The van der Waals surface area contributed by atoms with Crippen LogP contribution in [0.5, 0.6) is 0 Å². The first-order valence-corrected chi connectivity index (χ1v) is 8.05. The van der Waals surface area contributed by atoms with Gasteiger partial charge in [-0.15, -0.1) is 0 Å². The summed E-state index contributed by atoms with van der Waals surface area (Å²) in [5, 5.41) is 2.23. The van der Waals surface area contributed by atoms with Crippen LogP contribution in [0.1, 0.15) is 39.4 Å². The lowest BCUT2D eigenvalue weighted by Crippen LogP contribution is -2.34. The predicted octanol–water partition coefficient (Wildman–Crippen LogP) is 3.45. The number of halogens is 1. The van der Waals surface area contributed by atoms with E-state index < -0.39 is 0 Å². The molecule has 1 aliphatic rings. The van der Waals surface area contributed by atoms with E-state index in [4.69, 9.17) is 0 Å². The van der Waals surface area contributed by atoms with Crippen LogP contribution in [0.4, 0.5) is 5.13 Å². The van der Waals surface area contributed by atoms with E-state index >= 15 is 0 Å². The molecule has 1 aromatic rings. The number of hydrogen-bond donors (Lipinski definition) is 0. The average molecular weight is 318 g/mol. The van der Waals surface area contributed by atoms with Gasteiger partial charge in [0.1, 0.15) is 5.82 Å². The molecule has 0 unspecified atom stereocenters. The summed E-state index contributed by atoms with van der Waals surface area (Å²) in [5.41, 5.74) is 0.0585. The van der Waals surface area contributed by atoms with Crippen LogP contribution in [0.25, 0.3) is 0 Å². The Morgan fingerprint density at radius 2 is 2.00 bits per heavy atom. The molecule has 17 heavy (non-hydrogen) atoms. The first kappa shape index (κ1) is 13.3. The Bertz CT molecular complexity index is 364. The number of hydrogen-bond acceptors (Lipinski definition) is 4. The van der Waals surface area contributed by atoms with Gasteiger partial charge in [-0.2, -0.15) is 4.37 Å². The molecule has 0 aliphatic carbocycles. The molecule has 0 atom stereocenters. The maximum atomic E-state index is 4.68. The van der Waals surface area contributed by atoms with Crippen LogP contribution in [-0.2, 0) is 5.41 Å². The minimum Gasteiger partial charge on any atom is -0.347 e. The number of piperidine rings is 1. The summed E-state index contributed by atoms with van der Waals surface area (Å²) < 4.78 is 4.48. The van der Waals surface area contributed by atoms with Gasteiger partial charge in [0.15, 0.2) is 0 Å². The van der Waals surface area contributed by atoms with Gasteiger partial charge in [0.25, 0.3) is 0 Å². The quantitative estimate of drug-likeness (QED) is 0.782. The highest BCUT2D eigenvalue weighted by Gasteiger charge is 2.24. The molecule has 0 bridgehead atoms. The highest BCUT2D eigenvalue weighted by molar-refractivity contribution is 9.09. The summed E-state index contributed by atoms with van der Waals surface area (Å²) in [6, 6.07) is 0. The molecule has 1 saturated heterocycles. The van der Waals surface area contributed by atoms with E-state index in [1.54, 1.807) is 11.5 Å². The third-order valence-corrected chi connectivity index (χ3v) is 4.88. The molecule has 96 valence electrons. The number of anilines is 1. The largest absolute Gasteiger partial charge is 0.347 e. The van der Waals surface area contributed by atoms with Crippen molar-refractivity contribution in [2.75, 3.05) is 23.3 Å². The monoisotopic (exact) mass is 317 g/mol. The van der Waals surface area contributed by atoms with Crippen molar-refractivity contribution in [2.45, 2.75) is 39.0 Å². The zero-order chi connectivity index (χ0) is 12.5. The molecule has 0 aromatic carbocycles. The fourth-order valence-electron chi connectivity index (χ4n) is 1.93. The Morgan fingerprint density at radius 1 is 1.35 bits per heavy atom. The van der Waals surface area contributed by atoms with Crippen molar-refractivity contribution in [3.63, 3.8) is 0 Å². The Kier molecular flexibility index (Phi) is 4.08. The molecule has 1 fully saturated rings. The van der Waals surface area contributed by atoms with Gasteiger partial charge in [-0.1, -0.05) is 36.7 Å². The molecule has 3 nitrogen and oxygen atoms in total. The number of alkyl halides is 1. The van der Waals surface area contributed by atoms with Crippen LogP contribution in [0.3, 0.4) is 0 Å². The Balaban J connectivity index is 2.02. The molecule has 2 rings (SSSR count). The maximum absolute atomic E-state index is 4.68. The zero-order valence-electron chi connectivity index (χ0n) is 10.7. The molecule has 1 aromatic heterocycles. The van der Waals surface area contributed by atoms with E-state index in [-0.39, 0.29) is 5.41 Å². The Hall–Kier alpha value is -0.160. The minimum absolute atomic E-state index is 0.0585. The Labute approximate surface area is 116 Å². The summed E-state index contributed by atoms with van der Waals surface area (Å²) in [6.07, 6.45) is 2.52. The second-order valence-electron chi connectivity index (χ2n) is 5.74. The topological polar surface area (TPSA) is 29.0 Å². The lowest BCUT2D eigenvalue weighted by atomic mass is 9.96. The fourth-order valence-corrected chi connectivity index (χ4v) is 3.48. The van der Waals surface area contributed by atoms with E-state index in [0.29, 0.717) is 0 Å². The number of aromatic nitrogens is 2. The van der Waals surface area contributed by atoms with Gasteiger partial charge in [0, 0.05) is 35.4 Å². The maximum Gasteiger partial charge on any atom is 0.205 e. The van der Waals surface area contributed by atoms with Gasteiger partial charge < -0.3 is 4.90 Å². The molecule has 0 N–H and O–H groups in total. The normalized spacial score (nSPS) is 18.7. The van der Waals surface area contributed by atoms with Crippen molar-refractivity contribution in [1.82, 2.24) is 9.36 Å². The van der Waals surface area contributed by atoms with Crippen molar-refractivity contribution in [2.24, 2.45) is 5.92 Å². The molecular formula is C12H20BrN3S. The molecule has 0 amide bonds. The summed E-state index contributed by atoms with van der Waals surface area (Å²) in [7, 11) is 0. The highest BCUT2D eigenvalue weighted by Crippen LogP contribution is 2.28. The van der Waals surface area contributed by atoms with Crippen LogP contribution in [-0.4, -0.2) is 27.8 Å². The zero-order valence-corrected chi connectivity index (χ0v) is 13.1. The van der Waals surface area contributed by atoms with Gasteiger partial charge in [0.2, 0.25) is 5.13 Å². The second-order valence-corrected chi connectivity index (χ2v) is 7.11. The molecule has 0 radical (unpaired) electrons. The standard InChI is InChI=1S/C12H20BrN3S/c1-12(2,3)10-14-11(17-15-10)16-6-4-9(8-13)5-7-16/h9H,4-8H2,1-3H3. The smallest absolute Gasteiger partial charge is 0.205 e. The Morgan fingerprint density at radius 3 is 2.47 bits per heavy atom. The fraction of sp³-hybridized carbons (Fsp3) is 0.833. The summed E-state index contributed by atoms with van der Waals surface area (Å²) in [6.45, 7) is 8.73. The molecule has 0 saturated carbocycles. The average Bonchev–Trinajstić information content (AvgIpc) is 2.78. The molecule has 2 heterocycles. The van der Waals surface area contributed by atoms with E-state index in [0.717, 1.165) is 35.3 Å². The van der Waals surface area contributed by atoms with Gasteiger partial charge >= 0.3 is 0 Å². The molecule has 1 aliphatic heterocycles. The number of rotatable bonds is 2. The number of nitrogens with zero attached hydrogens (tertiary/aromatic N) is 3. The van der Waals surface area contributed by atoms with Crippen molar-refractivity contribution < 1.29 is 0 Å². The SMILES string of the molecule is CC(C)(C)c1nsc(N2CCC(CBr)CC2)n1. The second kappa shape index (κ2) is 5.22. The van der Waals surface area contributed by atoms with Crippen LogP contribution < -0.4 is 4.90 Å². The van der Waals surface area contributed by atoms with Crippen molar-refractivity contribution in [3.8, 4) is 0 Å². The van der Waals surface area contributed by atoms with E-state index in [2.05, 4.69) is 51.0 Å². The lowest BCUT2D eigenvalue weighted by molar-refractivity contribution is 0.446. The predicted molar refractivity (Wildman–Crippen MR) is 77.3 cm³/mol. The summed E-state index contributed by atoms with van der Waals surface area (Å²) in [5.74, 6) is 1.81. The van der Waals surface area contributed by atoms with Gasteiger partial charge in [-0.25, -0.2) is 4.98 Å². The van der Waals surface area contributed by atoms with Crippen LogP contribution in [0.2, 0.25) is 0 Å². The summed E-state index contributed by atoms with van der Waals surface area (Å²) >= 11 is 5.12. The van der Waals surface area contributed by atoms with Crippen molar-refractivity contribution >= 4 is 32.6 Å². The van der Waals surface area contributed by atoms with Gasteiger partial charge in [-0.3, -0.25) is 0 Å². The molecular weight excluding hydrogens is 298 g/mol. The first-order chi connectivity index (χ1) is 8.00. The summed E-state index contributed by atoms with van der Waals surface area (Å²) in [4.78, 5) is 7.06. The van der Waals surface area contributed by atoms with Crippen LogP contribution >= 0.6 is 27.5 Å². The molecule has 5 heteroatoms. The van der Waals surface area contributed by atoms with E-state index in [1.807, 2.05) is 0 Å². The highest BCUT2D eigenvalue weighted by atomic mass is 79.9. The third-order valence-electron chi connectivity index (χ3n) is 3.19. The van der Waals surface area contributed by atoms with Gasteiger partial charge in [-0.05, 0) is 18.8 Å². The van der Waals surface area contributed by atoms with Gasteiger partial charge in [0.05, 0.1) is 0 Å². The van der Waals surface area contributed by atoms with E-state index in [9.17, 15) is 0 Å². The van der Waals surface area contributed by atoms with Crippen molar-refractivity contribution in [3.05, 3.63) is 5.82 Å². The first-order valence-electron chi connectivity index (χ1n) is 6.16. The lowest BCUT2D eigenvalue weighted by Gasteiger charge is -2.30. The van der Waals surface area contributed by atoms with Crippen LogP contribution in [0.15, 0.2) is 0 Å². The van der Waals surface area contributed by atoms with Crippen LogP contribution in [0, 0.1) is 5.92 Å².